The van der Waals surface area contributed by atoms with Gasteiger partial charge in [-0.25, -0.2) is 4.79 Å². The number of hydrogen-bond donors (Lipinski definition) is 1. The van der Waals surface area contributed by atoms with Crippen LogP contribution >= 0.6 is 0 Å². The molecule has 0 saturated carbocycles. The fraction of sp³-hybridized carbons (Fsp3) is 0.167. The van der Waals surface area contributed by atoms with Gasteiger partial charge in [0, 0.05) is 6.42 Å². The average Bonchev–Trinajstić information content (AvgIpc) is 3.06. The van der Waals surface area contributed by atoms with Crippen molar-refractivity contribution < 1.29 is 14.3 Å². The van der Waals surface area contributed by atoms with Gasteiger partial charge in [-0.1, -0.05) is 48.5 Å². The molecule has 1 heterocycles. The first-order valence-corrected chi connectivity index (χ1v) is 7.57. The van der Waals surface area contributed by atoms with Gasteiger partial charge in [-0.3, -0.25) is 9.80 Å². The van der Waals surface area contributed by atoms with E-state index in [4.69, 9.17) is 10.5 Å². The van der Waals surface area contributed by atoms with Crippen LogP contribution in [0.1, 0.15) is 18.0 Å². The quantitative estimate of drug-likeness (QED) is 0.853. The SMILES string of the molecule is NC(=O)COC(=O)C1=NN(c2ccccc2)C(c2ccccc2)C1. The van der Waals surface area contributed by atoms with Gasteiger partial charge in [0.2, 0.25) is 0 Å². The lowest BCUT2D eigenvalue weighted by molar-refractivity contribution is -0.141. The molecule has 1 aliphatic rings. The zero-order valence-electron chi connectivity index (χ0n) is 13.0. The molecule has 2 aromatic rings. The molecule has 24 heavy (non-hydrogen) atoms. The van der Waals surface area contributed by atoms with Crippen LogP contribution in [0.4, 0.5) is 5.69 Å². The summed E-state index contributed by atoms with van der Waals surface area (Å²) < 4.78 is 4.88. The van der Waals surface area contributed by atoms with Crippen LogP contribution in [0.15, 0.2) is 65.8 Å². The first kappa shape index (κ1) is 15.7. The summed E-state index contributed by atoms with van der Waals surface area (Å²) >= 11 is 0. The van der Waals surface area contributed by atoms with Gasteiger partial charge in [-0.15, -0.1) is 0 Å². The number of anilines is 1. The van der Waals surface area contributed by atoms with E-state index < -0.39 is 18.5 Å². The van der Waals surface area contributed by atoms with E-state index >= 15 is 0 Å². The zero-order chi connectivity index (χ0) is 16.9. The van der Waals surface area contributed by atoms with Crippen molar-refractivity contribution in [2.75, 3.05) is 11.6 Å². The molecule has 6 nitrogen and oxygen atoms in total. The maximum absolute atomic E-state index is 12.1. The number of rotatable bonds is 5. The maximum atomic E-state index is 12.1. The molecule has 1 aliphatic heterocycles. The molecule has 122 valence electrons. The summed E-state index contributed by atoms with van der Waals surface area (Å²) in [5, 5.41) is 6.22. The summed E-state index contributed by atoms with van der Waals surface area (Å²) in [7, 11) is 0. The molecule has 3 rings (SSSR count). The third-order valence-electron chi connectivity index (χ3n) is 3.70. The summed E-state index contributed by atoms with van der Waals surface area (Å²) in [5.74, 6) is -1.31. The van der Waals surface area contributed by atoms with Crippen molar-refractivity contribution in [3.63, 3.8) is 0 Å². The molecule has 6 heteroatoms. The van der Waals surface area contributed by atoms with Gasteiger partial charge in [-0.2, -0.15) is 5.10 Å². The van der Waals surface area contributed by atoms with Crippen molar-refractivity contribution in [2.45, 2.75) is 12.5 Å². The van der Waals surface area contributed by atoms with Gasteiger partial charge in [0.25, 0.3) is 5.91 Å². The molecule has 0 aliphatic carbocycles. The average molecular weight is 323 g/mol. The van der Waals surface area contributed by atoms with Crippen LogP contribution in [0.25, 0.3) is 0 Å². The smallest absolute Gasteiger partial charge is 0.355 e. The van der Waals surface area contributed by atoms with Crippen molar-refractivity contribution in [3.05, 3.63) is 66.2 Å². The van der Waals surface area contributed by atoms with Crippen LogP contribution in [0.5, 0.6) is 0 Å². The van der Waals surface area contributed by atoms with Crippen LogP contribution in [0, 0.1) is 0 Å². The van der Waals surface area contributed by atoms with Crippen LogP contribution in [-0.4, -0.2) is 24.2 Å². The number of esters is 1. The Balaban J connectivity index is 1.88. The molecule has 2 N–H and O–H groups in total. The molecule has 0 bridgehead atoms. The van der Waals surface area contributed by atoms with Gasteiger partial charge in [0.05, 0.1) is 11.7 Å². The zero-order valence-corrected chi connectivity index (χ0v) is 13.0. The summed E-state index contributed by atoms with van der Waals surface area (Å²) in [6.07, 6.45) is 0.399. The third kappa shape index (κ3) is 3.43. The molecule has 0 spiro atoms. The Morgan fingerprint density at radius 1 is 1.08 bits per heavy atom. The molecule has 1 amide bonds. The summed E-state index contributed by atoms with van der Waals surface area (Å²) in [6.45, 7) is -0.445. The molecular formula is C18H17N3O3. The Morgan fingerprint density at radius 3 is 2.33 bits per heavy atom. The van der Waals surface area contributed by atoms with E-state index in [1.165, 1.54) is 0 Å². The second-order valence-electron chi connectivity index (χ2n) is 5.40. The predicted octanol–water partition coefficient (Wildman–Crippen LogP) is 2.02. The summed E-state index contributed by atoms with van der Waals surface area (Å²) in [6, 6.07) is 19.3. The highest BCUT2D eigenvalue weighted by Crippen LogP contribution is 2.35. The number of primary amides is 1. The number of nitrogens with two attached hydrogens (primary N) is 1. The molecule has 0 saturated heterocycles. The van der Waals surface area contributed by atoms with E-state index in [1.807, 2.05) is 60.7 Å². The lowest BCUT2D eigenvalue weighted by atomic mass is 10.0. The van der Waals surface area contributed by atoms with Crippen LogP contribution in [0.2, 0.25) is 0 Å². The number of carbonyl (C=O) groups is 2. The minimum atomic E-state index is -0.693. The van der Waals surface area contributed by atoms with E-state index in [1.54, 1.807) is 5.01 Å². The lowest BCUT2D eigenvalue weighted by Crippen LogP contribution is -2.24. The van der Waals surface area contributed by atoms with Crippen molar-refractivity contribution in [2.24, 2.45) is 10.8 Å². The van der Waals surface area contributed by atoms with E-state index in [-0.39, 0.29) is 11.8 Å². The van der Waals surface area contributed by atoms with Crippen molar-refractivity contribution in [3.8, 4) is 0 Å². The van der Waals surface area contributed by atoms with Gasteiger partial charge in [0.15, 0.2) is 6.61 Å². The van der Waals surface area contributed by atoms with Crippen LogP contribution in [-0.2, 0) is 14.3 Å². The first-order chi connectivity index (χ1) is 11.6. The molecule has 0 aromatic heterocycles. The summed E-state index contributed by atoms with van der Waals surface area (Å²) in [4.78, 5) is 22.9. The number of carbonyl (C=O) groups excluding carboxylic acids is 2. The maximum Gasteiger partial charge on any atom is 0.355 e. The fourth-order valence-electron chi connectivity index (χ4n) is 2.61. The standard InChI is InChI=1S/C18H17N3O3/c19-17(22)12-24-18(23)15-11-16(13-7-3-1-4-8-13)21(20-15)14-9-5-2-6-10-14/h1-10,16H,11-12H2,(H2,19,22). The number of amides is 1. The van der Waals surface area contributed by atoms with Crippen molar-refractivity contribution >= 4 is 23.3 Å². The van der Waals surface area contributed by atoms with Crippen LogP contribution < -0.4 is 10.7 Å². The Hall–Kier alpha value is -3.15. The Kier molecular flexibility index (Phi) is 4.56. The highest BCUT2D eigenvalue weighted by Gasteiger charge is 2.33. The second kappa shape index (κ2) is 6.95. The minimum absolute atomic E-state index is 0.107. The number of nitrogens with zero attached hydrogens (tertiary/aromatic N) is 2. The van der Waals surface area contributed by atoms with E-state index in [2.05, 4.69) is 5.10 Å². The topological polar surface area (TPSA) is 85.0 Å². The molecule has 2 aromatic carbocycles. The minimum Gasteiger partial charge on any atom is -0.451 e. The monoisotopic (exact) mass is 323 g/mol. The first-order valence-electron chi connectivity index (χ1n) is 7.57. The predicted molar refractivity (Wildman–Crippen MR) is 90.3 cm³/mol. The largest absolute Gasteiger partial charge is 0.451 e. The third-order valence-corrected chi connectivity index (χ3v) is 3.70. The van der Waals surface area contributed by atoms with Crippen LogP contribution in [0.3, 0.4) is 0 Å². The highest BCUT2D eigenvalue weighted by molar-refractivity contribution is 6.37. The van der Waals surface area contributed by atoms with Gasteiger partial charge >= 0.3 is 5.97 Å². The van der Waals surface area contributed by atoms with Crippen molar-refractivity contribution in [1.29, 1.82) is 0 Å². The highest BCUT2D eigenvalue weighted by atomic mass is 16.5. The van der Waals surface area contributed by atoms with Crippen molar-refractivity contribution in [1.82, 2.24) is 0 Å². The lowest BCUT2D eigenvalue weighted by Gasteiger charge is -2.23. The number of para-hydroxylation sites is 1. The Morgan fingerprint density at radius 2 is 1.71 bits per heavy atom. The number of hydrogen-bond acceptors (Lipinski definition) is 5. The fourth-order valence-corrected chi connectivity index (χ4v) is 2.61. The Bertz CT molecular complexity index is 760. The molecule has 0 fully saturated rings. The van der Waals surface area contributed by atoms with Gasteiger partial charge < -0.3 is 10.5 Å². The Labute approximate surface area is 139 Å². The number of ether oxygens (including phenoxy) is 1. The van der Waals surface area contributed by atoms with E-state index in [9.17, 15) is 9.59 Å². The number of hydrazone groups is 1. The molecule has 0 radical (unpaired) electrons. The molecule has 1 unspecified atom stereocenters. The number of benzene rings is 2. The van der Waals surface area contributed by atoms with E-state index in [0.717, 1.165) is 11.3 Å². The molecular weight excluding hydrogens is 306 g/mol. The van der Waals surface area contributed by atoms with Gasteiger partial charge in [-0.05, 0) is 17.7 Å². The van der Waals surface area contributed by atoms with E-state index in [0.29, 0.717) is 6.42 Å². The van der Waals surface area contributed by atoms with Gasteiger partial charge in [0.1, 0.15) is 5.71 Å². The second-order valence-corrected chi connectivity index (χ2v) is 5.40. The molecule has 1 atom stereocenters. The normalized spacial score (nSPS) is 16.6. The summed E-state index contributed by atoms with van der Waals surface area (Å²) in [5.41, 5.74) is 7.20.